The highest BCUT2D eigenvalue weighted by Crippen LogP contribution is 2.33. The van der Waals surface area contributed by atoms with Gasteiger partial charge in [-0.15, -0.1) is 0 Å². The van der Waals surface area contributed by atoms with E-state index in [0.717, 1.165) is 16.8 Å². The Hall–Kier alpha value is -3.00. The van der Waals surface area contributed by atoms with E-state index in [0.29, 0.717) is 22.9 Å². The van der Waals surface area contributed by atoms with Crippen LogP contribution in [0.2, 0.25) is 0 Å². The summed E-state index contributed by atoms with van der Waals surface area (Å²) in [6, 6.07) is 11.6. The summed E-state index contributed by atoms with van der Waals surface area (Å²) in [6.45, 7) is 2.00. The molecule has 0 aliphatic rings. The smallest absolute Gasteiger partial charge is 0.161 e. The second kappa shape index (κ2) is 5.41. The second-order valence-corrected chi connectivity index (χ2v) is 4.92. The van der Waals surface area contributed by atoms with E-state index in [-0.39, 0.29) is 0 Å². The van der Waals surface area contributed by atoms with Crippen LogP contribution in [-0.4, -0.2) is 23.6 Å². The van der Waals surface area contributed by atoms with E-state index in [2.05, 4.69) is 11.1 Å². The van der Waals surface area contributed by atoms with Crippen LogP contribution in [0.15, 0.2) is 36.5 Å². The maximum absolute atomic E-state index is 9.50. The predicted molar refractivity (Wildman–Crippen MR) is 83.2 cm³/mol. The maximum atomic E-state index is 9.50. The Labute approximate surface area is 128 Å². The average Bonchev–Trinajstić information content (AvgIpc) is 2.91. The third kappa shape index (κ3) is 2.15. The molecule has 3 rings (SSSR count). The molecule has 0 fully saturated rings. The van der Waals surface area contributed by atoms with Gasteiger partial charge in [-0.3, -0.25) is 4.40 Å². The summed E-state index contributed by atoms with van der Waals surface area (Å²) in [5.74, 6) is 1.25. The highest BCUT2D eigenvalue weighted by molar-refractivity contribution is 5.72. The first-order valence-corrected chi connectivity index (χ1v) is 6.79. The Morgan fingerprint density at radius 1 is 1.09 bits per heavy atom. The van der Waals surface area contributed by atoms with Crippen LogP contribution in [0.1, 0.15) is 11.3 Å². The number of pyridine rings is 1. The number of aryl methyl sites for hydroxylation is 1. The lowest BCUT2D eigenvalue weighted by molar-refractivity contribution is 0.355. The Bertz CT molecular complexity index is 891. The topological polar surface area (TPSA) is 59.5 Å². The molecule has 3 aromatic rings. The molecule has 0 atom stereocenters. The molecular weight excluding hydrogens is 278 g/mol. The van der Waals surface area contributed by atoms with Gasteiger partial charge < -0.3 is 9.47 Å². The molecule has 5 nitrogen and oxygen atoms in total. The quantitative estimate of drug-likeness (QED) is 0.744. The van der Waals surface area contributed by atoms with Gasteiger partial charge in [0.15, 0.2) is 17.2 Å². The van der Waals surface area contributed by atoms with Gasteiger partial charge in [0.1, 0.15) is 17.4 Å². The van der Waals surface area contributed by atoms with Gasteiger partial charge in [0.25, 0.3) is 0 Å². The van der Waals surface area contributed by atoms with E-state index in [1.165, 1.54) is 0 Å². The molecule has 0 spiro atoms. The Morgan fingerprint density at radius 3 is 2.55 bits per heavy atom. The lowest BCUT2D eigenvalue weighted by atomic mass is 10.1. The van der Waals surface area contributed by atoms with Crippen molar-refractivity contribution in [2.75, 3.05) is 14.2 Å². The van der Waals surface area contributed by atoms with Crippen molar-refractivity contribution in [3.63, 3.8) is 0 Å². The molecule has 2 aromatic heterocycles. The fraction of sp³-hybridized carbons (Fsp3) is 0.176. The van der Waals surface area contributed by atoms with Crippen molar-refractivity contribution in [2.45, 2.75) is 6.92 Å². The van der Waals surface area contributed by atoms with Gasteiger partial charge in [0.05, 0.1) is 14.2 Å². The van der Waals surface area contributed by atoms with Crippen molar-refractivity contribution in [3.8, 4) is 28.8 Å². The van der Waals surface area contributed by atoms with Gasteiger partial charge in [-0.25, -0.2) is 4.98 Å². The monoisotopic (exact) mass is 293 g/mol. The van der Waals surface area contributed by atoms with Crippen LogP contribution in [0, 0.1) is 18.3 Å². The molecule has 0 amide bonds. The minimum Gasteiger partial charge on any atom is -0.493 e. The summed E-state index contributed by atoms with van der Waals surface area (Å²) in [5, 5.41) is 9.50. The van der Waals surface area contributed by atoms with Gasteiger partial charge in [0, 0.05) is 11.8 Å². The van der Waals surface area contributed by atoms with Gasteiger partial charge in [0.2, 0.25) is 0 Å². The van der Waals surface area contributed by atoms with E-state index >= 15 is 0 Å². The van der Waals surface area contributed by atoms with Gasteiger partial charge in [-0.05, 0) is 42.8 Å². The minimum atomic E-state index is 0.502. The minimum absolute atomic E-state index is 0.502. The Morgan fingerprint density at radius 2 is 1.86 bits per heavy atom. The molecule has 2 heterocycles. The number of nitriles is 1. The van der Waals surface area contributed by atoms with Crippen LogP contribution in [0.3, 0.4) is 0 Å². The van der Waals surface area contributed by atoms with E-state index in [1.54, 1.807) is 18.6 Å². The summed E-state index contributed by atoms with van der Waals surface area (Å²) < 4.78 is 12.4. The standard InChI is InChI=1S/C17H15N3O2/c1-11-6-7-20-13(10-18)17(19-16(20)8-11)12-4-5-14(21-2)15(9-12)22-3/h4-9H,1-3H3. The van der Waals surface area contributed by atoms with E-state index in [9.17, 15) is 5.26 Å². The van der Waals surface area contributed by atoms with E-state index in [1.807, 2.05) is 43.5 Å². The number of nitrogens with zero attached hydrogens (tertiary/aromatic N) is 3. The molecule has 0 unspecified atom stereocenters. The van der Waals surface area contributed by atoms with Crippen molar-refractivity contribution in [2.24, 2.45) is 0 Å². The highest BCUT2D eigenvalue weighted by atomic mass is 16.5. The molecule has 5 heteroatoms. The third-order valence-corrected chi connectivity index (χ3v) is 3.54. The molecule has 1 aromatic carbocycles. The highest BCUT2D eigenvalue weighted by Gasteiger charge is 2.15. The first-order valence-electron chi connectivity index (χ1n) is 6.79. The van der Waals surface area contributed by atoms with Crippen LogP contribution < -0.4 is 9.47 Å². The summed E-state index contributed by atoms with van der Waals surface area (Å²) >= 11 is 0. The SMILES string of the molecule is COc1ccc(-c2nc3cc(C)ccn3c2C#N)cc1OC. The lowest BCUT2D eigenvalue weighted by Crippen LogP contribution is -1.92. The van der Waals surface area contributed by atoms with Crippen molar-refractivity contribution in [3.05, 3.63) is 47.8 Å². The average molecular weight is 293 g/mol. The number of fused-ring (bicyclic) bond motifs is 1. The normalized spacial score (nSPS) is 10.5. The molecular formula is C17H15N3O2. The zero-order valence-electron chi connectivity index (χ0n) is 12.6. The van der Waals surface area contributed by atoms with Crippen molar-refractivity contribution < 1.29 is 9.47 Å². The summed E-state index contributed by atoms with van der Waals surface area (Å²) in [6.07, 6.45) is 1.86. The number of imidazole rings is 1. The van der Waals surface area contributed by atoms with Crippen molar-refractivity contribution in [1.29, 1.82) is 5.26 Å². The zero-order chi connectivity index (χ0) is 15.7. The Balaban J connectivity index is 2.24. The Kier molecular flexibility index (Phi) is 3.43. The van der Waals surface area contributed by atoms with Crippen molar-refractivity contribution in [1.82, 2.24) is 9.38 Å². The fourth-order valence-corrected chi connectivity index (χ4v) is 2.44. The molecule has 110 valence electrons. The van der Waals surface area contributed by atoms with Crippen molar-refractivity contribution >= 4 is 5.65 Å². The zero-order valence-corrected chi connectivity index (χ0v) is 12.6. The van der Waals surface area contributed by atoms with Crippen LogP contribution in [0.25, 0.3) is 16.9 Å². The van der Waals surface area contributed by atoms with Crippen LogP contribution in [0.4, 0.5) is 0 Å². The number of rotatable bonds is 3. The van der Waals surface area contributed by atoms with Crippen LogP contribution in [0.5, 0.6) is 11.5 Å². The molecule has 0 radical (unpaired) electrons. The molecule has 0 aliphatic carbocycles. The number of methoxy groups -OCH3 is 2. The first-order chi connectivity index (χ1) is 10.7. The number of hydrogen-bond donors (Lipinski definition) is 0. The van der Waals surface area contributed by atoms with Gasteiger partial charge in [-0.1, -0.05) is 0 Å². The molecule has 0 saturated heterocycles. The largest absolute Gasteiger partial charge is 0.493 e. The van der Waals surface area contributed by atoms with Gasteiger partial charge >= 0.3 is 0 Å². The predicted octanol–water partition coefficient (Wildman–Crippen LogP) is 3.20. The van der Waals surface area contributed by atoms with Crippen LogP contribution >= 0.6 is 0 Å². The second-order valence-electron chi connectivity index (χ2n) is 4.92. The number of benzene rings is 1. The number of ether oxygens (including phenoxy) is 2. The maximum Gasteiger partial charge on any atom is 0.161 e. The lowest BCUT2D eigenvalue weighted by Gasteiger charge is -2.08. The molecule has 0 saturated carbocycles. The van der Waals surface area contributed by atoms with Gasteiger partial charge in [-0.2, -0.15) is 5.26 Å². The third-order valence-electron chi connectivity index (χ3n) is 3.54. The van der Waals surface area contributed by atoms with Crippen LogP contribution in [-0.2, 0) is 0 Å². The molecule has 0 N–H and O–H groups in total. The fourth-order valence-electron chi connectivity index (χ4n) is 2.44. The summed E-state index contributed by atoms with van der Waals surface area (Å²) in [5.41, 5.74) is 3.80. The summed E-state index contributed by atoms with van der Waals surface area (Å²) in [7, 11) is 3.17. The molecule has 0 aliphatic heterocycles. The number of hydrogen-bond acceptors (Lipinski definition) is 4. The first kappa shape index (κ1) is 14.0. The van der Waals surface area contributed by atoms with E-state index < -0.39 is 0 Å². The molecule has 0 bridgehead atoms. The number of aromatic nitrogens is 2. The summed E-state index contributed by atoms with van der Waals surface area (Å²) in [4.78, 5) is 4.59. The molecule has 22 heavy (non-hydrogen) atoms. The van der Waals surface area contributed by atoms with E-state index in [4.69, 9.17) is 9.47 Å².